The average Bonchev–Trinajstić information content (AvgIpc) is 3.14. The van der Waals surface area contributed by atoms with Crippen LogP contribution in [0.5, 0.6) is 0 Å². The van der Waals surface area contributed by atoms with Gasteiger partial charge in [-0.3, -0.25) is 24.0 Å². The lowest BCUT2D eigenvalue weighted by Crippen LogP contribution is -2.62. The number of amides is 6. The van der Waals surface area contributed by atoms with Crippen LogP contribution in [0.2, 0.25) is 0 Å². The van der Waals surface area contributed by atoms with Gasteiger partial charge in [-0.1, -0.05) is 60.8 Å². The van der Waals surface area contributed by atoms with Crippen molar-refractivity contribution < 1.29 is 28.8 Å². The minimum absolute atomic E-state index is 0.0721. The number of fused-ring (bicyclic) bond motifs is 1. The van der Waals surface area contributed by atoms with Crippen LogP contribution in [0.1, 0.15) is 73.6 Å². The highest BCUT2D eigenvalue weighted by Crippen LogP contribution is 2.65. The number of rotatable bonds is 11. The first-order chi connectivity index (χ1) is 18.0. The van der Waals surface area contributed by atoms with Gasteiger partial charge in [-0.2, -0.15) is 0 Å². The van der Waals surface area contributed by atoms with E-state index in [-0.39, 0.29) is 29.6 Å². The van der Waals surface area contributed by atoms with Crippen molar-refractivity contribution in [3.8, 4) is 0 Å². The van der Waals surface area contributed by atoms with Gasteiger partial charge in [0.1, 0.15) is 18.1 Å². The number of urea groups is 1. The third-order valence-electron chi connectivity index (χ3n) is 8.88. The van der Waals surface area contributed by atoms with Crippen LogP contribution in [0.3, 0.4) is 0 Å². The summed E-state index contributed by atoms with van der Waals surface area (Å²) < 4.78 is 0. The molecule has 12 heteroatoms. The summed E-state index contributed by atoms with van der Waals surface area (Å²) >= 11 is 0. The molecule has 1 saturated heterocycles. The molecule has 0 aromatic carbocycles. The third-order valence-corrected chi connectivity index (χ3v) is 8.88. The van der Waals surface area contributed by atoms with Crippen LogP contribution < -0.4 is 27.4 Å². The van der Waals surface area contributed by atoms with Crippen molar-refractivity contribution in [3.05, 3.63) is 0 Å². The maximum Gasteiger partial charge on any atom is 0.316 e. The van der Waals surface area contributed by atoms with Crippen LogP contribution in [0.25, 0.3) is 0 Å². The van der Waals surface area contributed by atoms with Crippen LogP contribution in [-0.4, -0.2) is 71.1 Å². The molecule has 12 nitrogen and oxygen atoms in total. The summed E-state index contributed by atoms with van der Waals surface area (Å²) in [6.45, 7) is 11.5. The zero-order valence-electron chi connectivity index (χ0n) is 23.8. The maximum atomic E-state index is 13.9. The van der Waals surface area contributed by atoms with Gasteiger partial charge in [0.25, 0.3) is 5.91 Å². The number of likely N-dealkylation sites (tertiary alicyclic amines) is 1. The second-order valence-electron chi connectivity index (χ2n) is 13.0. The summed E-state index contributed by atoms with van der Waals surface area (Å²) in [4.78, 5) is 77.7. The van der Waals surface area contributed by atoms with Gasteiger partial charge in [0.2, 0.25) is 23.5 Å². The number of Topliss-reactive ketones (excluding diaryl/α,β-unsaturated/α-hetero) is 1. The molecule has 1 aliphatic heterocycles. The van der Waals surface area contributed by atoms with E-state index in [9.17, 15) is 28.8 Å². The normalized spacial score (nSPS) is 25.8. The molecule has 3 aliphatic rings. The van der Waals surface area contributed by atoms with Crippen LogP contribution in [0.15, 0.2) is 0 Å². The minimum Gasteiger partial charge on any atom is -0.368 e. The molecule has 3 fully saturated rings. The number of hydrogen-bond donors (Lipinski definition) is 5. The molecule has 6 amide bonds. The third kappa shape index (κ3) is 6.36. The van der Waals surface area contributed by atoms with Crippen LogP contribution >= 0.6 is 0 Å². The predicted octanol–water partition coefficient (Wildman–Crippen LogP) is 0.177. The topological polar surface area (TPSA) is 194 Å². The molecule has 0 aromatic heterocycles. The molecule has 2 saturated carbocycles. The fourth-order valence-electron chi connectivity index (χ4n) is 6.06. The van der Waals surface area contributed by atoms with Crippen molar-refractivity contribution in [2.45, 2.75) is 97.8 Å². The largest absolute Gasteiger partial charge is 0.368 e. The number of piperidine rings is 1. The SMILES string of the molecule is CC[C@H](NC(=O)N[C@H](C(=O)N1C[C@H]2[C@@H]([C@H]1C(=O)NC(CC1CCC1)C(=O)C(N)=O)C2(C)C)C(C)(C)C)C(N)=O. The summed E-state index contributed by atoms with van der Waals surface area (Å²) in [6, 6.07) is -4.54. The van der Waals surface area contributed by atoms with E-state index in [0.29, 0.717) is 13.0 Å². The van der Waals surface area contributed by atoms with Crippen molar-refractivity contribution in [3.63, 3.8) is 0 Å². The highest BCUT2D eigenvalue weighted by Gasteiger charge is 2.70. The summed E-state index contributed by atoms with van der Waals surface area (Å²) in [5, 5.41) is 7.93. The first-order valence-corrected chi connectivity index (χ1v) is 13.8. The lowest BCUT2D eigenvalue weighted by molar-refractivity contribution is -0.145. The Kier molecular flexibility index (Phi) is 8.66. The summed E-state index contributed by atoms with van der Waals surface area (Å²) in [5.74, 6) is -3.41. The number of carbonyl (C=O) groups is 6. The molecule has 39 heavy (non-hydrogen) atoms. The Morgan fingerprint density at radius 1 is 0.974 bits per heavy atom. The quantitative estimate of drug-likeness (QED) is 0.228. The van der Waals surface area contributed by atoms with Gasteiger partial charge in [-0.15, -0.1) is 0 Å². The molecule has 0 radical (unpaired) electrons. The Morgan fingerprint density at radius 2 is 1.59 bits per heavy atom. The first-order valence-electron chi connectivity index (χ1n) is 13.8. The lowest BCUT2D eigenvalue weighted by atomic mass is 9.80. The van der Waals surface area contributed by atoms with E-state index in [1.54, 1.807) is 27.7 Å². The van der Waals surface area contributed by atoms with Crippen molar-refractivity contribution in [2.75, 3.05) is 6.54 Å². The molecule has 3 rings (SSSR count). The number of ketones is 1. The zero-order valence-corrected chi connectivity index (χ0v) is 23.8. The molecule has 1 unspecified atom stereocenters. The minimum atomic E-state index is -1.10. The molecule has 1 heterocycles. The molecule has 0 bridgehead atoms. The summed E-state index contributed by atoms with van der Waals surface area (Å²) in [6.07, 6.45) is 3.48. The van der Waals surface area contributed by atoms with E-state index in [4.69, 9.17) is 11.5 Å². The van der Waals surface area contributed by atoms with Gasteiger partial charge in [-0.25, -0.2) is 4.79 Å². The van der Waals surface area contributed by atoms with Gasteiger partial charge in [0.05, 0.1) is 6.04 Å². The van der Waals surface area contributed by atoms with E-state index in [1.165, 1.54) is 4.90 Å². The van der Waals surface area contributed by atoms with Gasteiger partial charge >= 0.3 is 6.03 Å². The molecule has 7 N–H and O–H groups in total. The van der Waals surface area contributed by atoms with Crippen LogP contribution in [0, 0.1) is 28.6 Å². The second-order valence-corrected chi connectivity index (χ2v) is 13.0. The Hall–Kier alpha value is -3.18. The average molecular weight is 549 g/mol. The van der Waals surface area contributed by atoms with Crippen LogP contribution in [0.4, 0.5) is 4.79 Å². The lowest BCUT2D eigenvalue weighted by Gasteiger charge is -2.38. The smallest absolute Gasteiger partial charge is 0.316 e. The highest BCUT2D eigenvalue weighted by molar-refractivity contribution is 6.37. The van der Waals surface area contributed by atoms with Crippen molar-refractivity contribution >= 4 is 35.4 Å². The number of nitrogens with one attached hydrogen (secondary N) is 3. The molecular formula is C27H44N6O6. The number of nitrogens with zero attached hydrogens (tertiary/aromatic N) is 1. The predicted molar refractivity (Wildman–Crippen MR) is 143 cm³/mol. The van der Waals surface area contributed by atoms with Crippen molar-refractivity contribution in [2.24, 2.45) is 40.1 Å². The molecule has 6 atom stereocenters. The summed E-state index contributed by atoms with van der Waals surface area (Å²) in [7, 11) is 0. The fraction of sp³-hybridized carbons (Fsp3) is 0.778. The van der Waals surface area contributed by atoms with Gasteiger partial charge in [0.15, 0.2) is 0 Å². The highest BCUT2D eigenvalue weighted by atomic mass is 16.2. The Labute approximate surface area is 229 Å². The fourth-order valence-corrected chi connectivity index (χ4v) is 6.06. The van der Waals surface area contributed by atoms with E-state index in [1.807, 2.05) is 13.8 Å². The van der Waals surface area contributed by atoms with Crippen LogP contribution in [-0.2, 0) is 24.0 Å². The monoisotopic (exact) mass is 548 g/mol. The molecule has 0 spiro atoms. The van der Waals surface area contributed by atoms with E-state index in [0.717, 1.165) is 19.3 Å². The van der Waals surface area contributed by atoms with E-state index in [2.05, 4.69) is 16.0 Å². The Balaban J connectivity index is 1.82. The maximum absolute atomic E-state index is 13.9. The van der Waals surface area contributed by atoms with Gasteiger partial charge in [-0.05, 0) is 41.4 Å². The zero-order chi connectivity index (χ0) is 29.4. The summed E-state index contributed by atoms with van der Waals surface area (Å²) in [5.41, 5.74) is 9.69. The standard InChI is InChI=1S/C27H44N6O6/c1-7-15(21(28)35)31-25(39)32-20(26(2,3)4)24(38)33-12-14-17(27(14,5)6)18(33)23(37)30-16(19(34)22(29)36)11-13-9-8-10-13/h13-18,20H,7-12H2,1-6H3,(H2,28,35)(H2,29,36)(H,30,37)(H2,31,32,39)/t14-,15-,16?,17-,18-,20+/m0/s1. The number of carbonyl (C=O) groups excluding carboxylic acids is 6. The van der Waals surface area contributed by atoms with E-state index < -0.39 is 65.0 Å². The van der Waals surface area contributed by atoms with Crippen molar-refractivity contribution in [1.29, 1.82) is 0 Å². The molecule has 0 aromatic rings. The number of hydrogen-bond acceptors (Lipinski definition) is 6. The van der Waals surface area contributed by atoms with Gasteiger partial charge < -0.3 is 32.3 Å². The molecule has 2 aliphatic carbocycles. The number of nitrogens with two attached hydrogens (primary N) is 2. The van der Waals surface area contributed by atoms with Gasteiger partial charge in [0, 0.05) is 6.54 Å². The molecule has 218 valence electrons. The Morgan fingerprint density at radius 3 is 2.05 bits per heavy atom. The Bertz CT molecular complexity index is 1030. The molecular weight excluding hydrogens is 504 g/mol. The van der Waals surface area contributed by atoms with E-state index >= 15 is 0 Å². The second kappa shape index (κ2) is 11.1. The van der Waals surface area contributed by atoms with Crippen molar-refractivity contribution in [1.82, 2.24) is 20.9 Å². The first kappa shape index (κ1) is 30.4. The number of primary amides is 2.